The van der Waals surface area contributed by atoms with Crippen molar-refractivity contribution in [3.8, 4) is 11.1 Å². The number of aromatic nitrogens is 2. The number of benzene rings is 2. The molecule has 0 saturated heterocycles. The van der Waals surface area contributed by atoms with Gasteiger partial charge in [-0.05, 0) is 28.7 Å². The molecule has 34 heavy (non-hydrogen) atoms. The molecule has 9 heteroatoms. The smallest absolute Gasteiger partial charge is 0.407 e. The molecule has 1 unspecified atom stereocenters. The summed E-state index contributed by atoms with van der Waals surface area (Å²) < 4.78 is 5.50. The lowest BCUT2D eigenvalue weighted by Crippen LogP contribution is -2.52. The van der Waals surface area contributed by atoms with Gasteiger partial charge in [0.25, 0.3) is 0 Å². The average Bonchev–Trinajstić information content (AvgIpc) is 3.46. The molecule has 3 aromatic rings. The van der Waals surface area contributed by atoms with Crippen LogP contribution in [0.1, 0.15) is 36.1 Å². The van der Waals surface area contributed by atoms with Gasteiger partial charge in [0.15, 0.2) is 0 Å². The molecule has 0 radical (unpaired) electrons. The highest BCUT2D eigenvalue weighted by atomic mass is 16.5. The minimum atomic E-state index is -1.18. The lowest BCUT2D eigenvalue weighted by atomic mass is 9.98. The van der Waals surface area contributed by atoms with Crippen LogP contribution in [0.5, 0.6) is 0 Å². The van der Waals surface area contributed by atoms with E-state index in [9.17, 15) is 19.5 Å². The topological polar surface area (TPSA) is 133 Å². The van der Waals surface area contributed by atoms with Crippen molar-refractivity contribution in [3.05, 3.63) is 77.9 Å². The number of ether oxygens (including phenoxy) is 1. The van der Waals surface area contributed by atoms with E-state index < -0.39 is 30.1 Å². The van der Waals surface area contributed by atoms with Crippen LogP contribution in [0.15, 0.2) is 61.1 Å². The minimum Gasteiger partial charge on any atom is -0.480 e. The molecule has 2 aromatic carbocycles. The molecule has 0 spiro atoms. The van der Waals surface area contributed by atoms with E-state index in [2.05, 4.69) is 20.6 Å². The Hall–Kier alpha value is -4.14. The first kappa shape index (κ1) is 23.0. The van der Waals surface area contributed by atoms with E-state index in [4.69, 9.17) is 4.74 Å². The average molecular weight is 463 g/mol. The summed E-state index contributed by atoms with van der Waals surface area (Å²) >= 11 is 0. The zero-order valence-corrected chi connectivity index (χ0v) is 18.7. The third kappa shape index (κ3) is 4.93. The fourth-order valence-electron chi connectivity index (χ4n) is 4.22. The van der Waals surface area contributed by atoms with E-state index in [1.165, 1.54) is 12.5 Å². The lowest BCUT2D eigenvalue weighted by Gasteiger charge is -2.21. The first-order chi connectivity index (χ1) is 16.5. The Morgan fingerprint density at radius 3 is 2.24 bits per heavy atom. The number of carbonyl (C=O) groups excluding carboxylic acids is 2. The molecule has 2 atom stereocenters. The van der Waals surface area contributed by atoms with E-state index in [-0.39, 0.29) is 25.4 Å². The zero-order chi connectivity index (χ0) is 24.1. The van der Waals surface area contributed by atoms with Gasteiger partial charge in [0, 0.05) is 24.2 Å². The largest absolute Gasteiger partial charge is 0.480 e. The summed E-state index contributed by atoms with van der Waals surface area (Å²) in [6, 6.07) is 13.9. The Kier molecular flexibility index (Phi) is 6.91. The van der Waals surface area contributed by atoms with Crippen LogP contribution in [-0.4, -0.2) is 51.7 Å². The quantitative estimate of drug-likeness (QED) is 0.386. The summed E-state index contributed by atoms with van der Waals surface area (Å²) in [7, 11) is 0. The number of carboxylic acids is 1. The second kappa shape index (κ2) is 10.2. The van der Waals surface area contributed by atoms with Gasteiger partial charge in [0.1, 0.15) is 18.7 Å². The van der Waals surface area contributed by atoms with Gasteiger partial charge >= 0.3 is 12.1 Å². The van der Waals surface area contributed by atoms with Crippen molar-refractivity contribution in [2.24, 2.45) is 0 Å². The first-order valence-electron chi connectivity index (χ1n) is 11.1. The van der Waals surface area contributed by atoms with Crippen LogP contribution in [0.25, 0.3) is 11.1 Å². The number of H-pyrrole nitrogens is 1. The number of carboxylic acid groups (broad SMARTS) is 1. The molecular formula is C25H26N4O5. The van der Waals surface area contributed by atoms with Crippen LogP contribution in [-0.2, 0) is 20.7 Å². The molecule has 1 aliphatic carbocycles. The minimum absolute atomic E-state index is 0.0441. The van der Waals surface area contributed by atoms with Gasteiger partial charge in [-0.1, -0.05) is 55.5 Å². The summed E-state index contributed by atoms with van der Waals surface area (Å²) in [6.45, 7) is 1.84. The van der Waals surface area contributed by atoms with Crippen LogP contribution in [0.2, 0.25) is 0 Å². The number of amides is 2. The predicted octanol–water partition coefficient (Wildman–Crippen LogP) is 2.84. The maximum atomic E-state index is 12.7. The van der Waals surface area contributed by atoms with Crippen LogP contribution < -0.4 is 10.6 Å². The Morgan fingerprint density at radius 1 is 1.03 bits per heavy atom. The van der Waals surface area contributed by atoms with Gasteiger partial charge in [0.2, 0.25) is 5.91 Å². The number of aliphatic carboxylic acids is 1. The van der Waals surface area contributed by atoms with Crippen molar-refractivity contribution in [1.29, 1.82) is 0 Å². The summed E-state index contributed by atoms with van der Waals surface area (Å²) in [5, 5.41) is 14.5. The highest BCUT2D eigenvalue weighted by molar-refractivity contribution is 5.89. The Labute approximate surface area is 196 Å². The summed E-state index contributed by atoms with van der Waals surface area (Å²) in [6.07, 6.45) is 2.51. The van der Waals surface area contributed by atoms with E-state index in [1.807, 2.05) is 48.5 Å². The van der Waals surface area contributed by atoms with Crippen LogP contribution >= 0.6 is 0 Å². The second-order valence-corrected chi connectivity index (χ2v) is 8.11. The molecule has 9 nitrogen and oxygen atoms in total. The molecule has 1 aliphatic rings. The van der Waals surface area contributed by atoms with Gasteiger partial charge in [-0.25, -0.2) is 14.6 Å². The second-order valence-electron chi connectivity index (χ2n) is 8.11. The molecule has 0 bridgehead atoms. The van der Waals surface area contributed by atoms with Crippen molar-refractivity contribution < 1.29 is 24.2 Å². The summed E-state index contributed by atoms with van der Waals surface area (Å²) in [5.74, 6) is -1.88. The van der Waals surface area contributed by atoms with Crippen molar-refractivity contribution in [2.75, 3.05) is 6.61 Å². The predicted molar refractivity (Wildman–Crippen MR) is 124 cm³/mol. The van der Waals surface area contributed by atoms with Gasteiger partial charge in [0.05, 0.1) is 6.33 Å². The van der Waals surface area contributed by atoms with Crippen molar-refractivity contribution in [2.45, 2.75) is 37.8 Å². The fourth-order valence-corrected chi connectivity index (χ4v) is 4.22. The molecule has 0 saturated carbocycles. The van der Waals surface area contributed by atoms with Gasteiger partial charge in [-0.2, -0.15) is 0 Å². The monoisotopic (exact) mass is 462 g/mol. The van der Waals surface area contributed by atoms with E-state index >= 15 is 0 Å². The van der Waals surface area contributed by atoms with E-state index in [0.717, 1.165) is 22.3 Å². The number of hydrogen-bond donors (Lipinski definition) is 4. The highest BCUT2D eigenvalue weighted by Crippen LogP contribution is 2.44. The lowest BCUT2D eigenvalue weighted by molar-refractivity contribution is -0.142. The molecular weight excluding hydrogens is 436 g/mol. The number of rotatable bonds is 9. The summed E-state index contributed by atoms with van der Waals surface area (Å²) in [4.78, 5) is 43.4. The number of carbonyl (C=O) groups is 3. The van der Waals surface area contributed by atoms with Gasteiger partial charge in [-0.15, -0.1) is 0 Å². The Morgan fingerprint density at radius 2 is 1.68 bits per heavy atom. The Bertz CT molecular complexity index is 1130. The van der Waals surface area contributed by atoms with Crippen LogP contribution in [0, 0.1) is 0 Å². The molecule has 0 fully saturated rings. The first-order valence-corrected chi connectivity index (χ1v) is 11.1. The molecule has 4 rings (SSSR count). The van der Waals surface area contributed by atoms with Crippen LogP contribution in [0.4, 0.5) is 4.79 Å². The molecule has 1 aromatic heterocycles. The number of nitrogens with zero attached hydrogens (tertiary/aromatic N) is 1. The maximum absolute atomic E-state index is 12.7. The molecule has 2 amide bonds. The van der Waals surface area contributed by atoms with Crippen LogP contribution in [0.3, 0.4) is 0 Å². The van der Waals surface area contributed by atoms with E-state index in [1.54, 1.807) is 6.92 Å². The maximum Gasteiger partial charge on any atom is 0.407 e. The number of imidazole rings is 1. The van der Waals surface area contributed by atoms with Crippen molar-refractivity contribution in [3.63, 3.8) is 0 Å². The number of hydrogen-bond acceptors (Lipinski definition) is 5. The molecule has 0 aliphatic heterocycles. The fraction of sp³-hybridized carbons (Fsp3) is 0.280. The zero-order valence-electron chi connectivity index (χ0n) is 18.7. The Balaban J connectivity index is 1.36. The third-order valence-electron chi connectivity index (χ3n) is 5.95. The highest BCUT2D eigenvalue weighted by Gasteiger charge is 2.30. The number of aromatic amines is 1. The number of nitrogens with one attached hydrogen (secondary N) is 3. The summed E-state index contributed by atoms with van der Waals surface area (Å²) in [5.41, 5.74) is 4.99. The van der Waals surface area contributed by atoms with Crippen molar-refractivity contribution >= 4 is 18.0 Å². The number of fused-ring (bicyclic) bond motifs is 3. The standard InChI is InChI=1S/C25H26N4O5/c1-2-21(23(30)28-22(24(31)32)11-15-12-26-14-27-15)29-25(33)34-13-20-18-9-5-3-7-16(18)17-8-4-6-10-19(17)20/h3-10,12,14,20-22H,2,11,13H2,1H3,(H,26,27)(H,28,30)(H,29,33)(H,31,32)/t21-,22?/m0/s1. The molecule has 176 valence electrons. The van der Waals surface area contributed by atoms with Gasteiger partial charge in [-0.3, -0.25) is 4.79 Å². The number of alkyl carbamates (subject to hydrolysis) is 1. The molecule has 1 heterocycles. The normalized spacial score (nSPS) is 13.9. The van der Waals surface area contributed by atoms with Gasteiger partial charge < -0.3 is 25.5 Å². The van der Waals surface area contributed by atoms with Crippen molar-refractivity contribution in [1.82, 2.24) is 20.6 Å². The third-order valence-corrected chi connectivity index (χ3v) is 5.95. The molecule has 4 N–H and O–H groups in total. The van der Waals surface area contributed by atoms with E-state index in [0.29, 0.717) is 5.69 Å². The SMILES string of the molecule is CC[C@H](NC(=O)OCC1c2ccccc2-c2ccccc21)C(=O)NC(Cc1cnc[nH]1)C(=O)O.